The number of aliphatic carboxylic acids is 1. The summed E-state index contributed by atoms with van der Waals surface area (Å²) in [6.07, 6.45) is 1.58. The third-order valence-corrected chi connectivity index (χ3v) is 4.68. The Morgan fingerprint density at radius 3 is 2.35 bits per heavy atom. The van der Waals surface area contributed by atoms with Crippen LogP contribution in [0.25, 0.3) is 0 Å². The van der Waals surface area contributed by atoms with E-state index in [0.717, 1.165) is 5.56 Å². The molecule has 1 aliphatic heterocycles. The molecule has 0 aliphatic carbocycles. The summed E-state index contributed by atoms with van der Waals surface area (Å²) in [5.41, 5.74) is 0.905. The van der Waals surface area contributed by atoms with Crippen molar-refractivity contribution in [2.75, 3.05) is 27.2 Å². The molecule has 0 aromatic heterocycles. The second-order valence-corrected chi connectivity index (χ2v) is 6.84. The Bertz CT molecular complexity index is 625. The number of amides is 3. The molecule has 2 rings (SSSR count). The zero-order chi connectivity index (χ0) is 19.1. The van der Waals surface area contributed by atoms with E-state index in [9.17, 15) is 14.4 Å². The molecule has 7 heteroatoms. The first-order valence-corrected chi connectivity index (χ1v) is 8.92. The zero-order valence-electron chi connectivity index (χ0n) is 15.4. The number of carbonyl (C=O) groups is 3. The molecule has 1 aromatic carbocycles. The molecular formula is C19H27N3O4. The van der Waals surface area contributed by atoms with E-state index in [4.69, 9.17) is 5.11 Å². The molecule has 0 saturated carbocycles. The van der Waals surface area contributed by atoms with E-state index in [1.807, 2.05) is 30.3 Å². The first kappa shape index (κ1) is 19.8. The van der Waals surface area contributed by atoms with E-state index in [0.29, 0.717) is 32.4 Å². The van der Waals surface area contributed by atoms with Gasteiger partial charge in [0.1, 0.15) is 0 Å². The summed E-state index contributed by atoms with van der Waals surface area (Å²) in [6.45, 7) is 1.11. The molecule has 0 bridgehead atoms. The van der Waals surface area contributed by atoms with Crippen molar-refractivity contribution in [2.45, 2.75) is 31.7 Å². The zero-order valence-corrected chi connectivity index (χ0v) is 15.4. The summed E-state index contributed by atoms with van der Waals surface area (Å²) in [6, 6.07) is 9.07. The molecule has 1 heterocycles. The Morgan fingerprint density at radius 2 is 1.81 bits per heavy atom. The highest BCUT2D eigenvalue weighted by molar-refractivity contribution is 5.80. The number of carboxylic acids is 1. The maximum Gasteiger partial charge on any atom is 0.319 e. The van der Waals surface area contributed by atoms with Crippen LogP contribution in [0.4, 0.5) is 4.79 Å². The number of likely N-dealkylation sites (tertiary alicyclic amines) is 1. The molecule has 142 valence electrons. The van der Waals surface area contributed by atoms with Crippen LogP contribution in [0.1, 0.15) is 37.3 Å². The third-order valence-electron chi connectivity index (χ3n) is 4.68. The first-order valence-electron chi connectivity index (χ1n) is 8.92. The third kappa shape index (κ3) is 5.47. The second-order valence-electron chi connectivity index (χ2n) is 6.84. The fraction of sp³-hybridized carbons (Fsp3) is 0.526. The minimum atomic E-state index is -0.879. The van der Waals surface area contributed by atoms with E-state index in [1.54, 1.807) is 19.0 Å². The van der Waals surface area contributed by atoms with Crippen LogP contribution in [0.2, 0.25) is 0 Å². The van der Waals surface area contributed by atoms with Crippen molar-refractivity contribution in [3.8, 4) is 0 Å². The SMILES string of the molecule is CN(C)C(=O)N1CCC(C(=O)NC(CCC(=O)O)c2ccccc2)CC1. The molecule has 2 N–H and O–H groups in total. The topological polar surface area (TPSA) is 90.0 Å². The van der Waals surface area contributed by atoms with Gasteiger partial charge in [-0.25, -0.2) is 4.79 Å². The largest absolute Gasteiger partial charge is 0.481 e. The number of carboxylic acid groups (broad SMARTS) is 1. The van der Waals surface area contributed by atoms with Crippen LogP contribution in [0.15, 0.2) is 30.3 Å². The van der Waals surface area contributed by atoms with Gasteiger partial charge >= 0.3 is 12.0 Å². The van der Waals surface area contributed by atoms with Gasteiger partial charge in [-0.1, -0.05) is 30.3 Å². The van der Waals surface area contributed by atoms with Gasteiger partial charge in [0.15, 0.2) is 0 Å². The number of nitrogens with one attached hydrogen (secondary N) is 1. The number of carbonyl (C=O) groups excluding carboxylic acids is 2. The van der Waals surface area contributed by atoms with Crippen LogP contribution in [-0.2, 0) is 9.59 Å². The van der Waals surface area contributed by atoms with Crippen LogP contribution in [-0.4, -0.2) is 60.0 Å². The van der Waals surface area contributed by atoms with Crippen LogP contribution in [0.3, 0.4) is 0 Å². The summed E-state index contributed by atoms with van der Waals surface area (Å²) < 4.78 is 0. The van der Waals surface area contributed by atoms with Crippen LogP contribution >= 0.6 is 0 Å². The van der Waals surface area contributed by atoms with Crippen molar-refractivity contribution >= 4 is 17.9 Å². The van der Waals surface area contributed by atoms with Crippen molar-refractivity contribution < 1.29 is 19.5 Å². The predicted octanol–water partition coefficient (Wildman–Crippen LogP) is 2.10. The van der Waals surface area contributed by atoms with Gasteiger partial charge in [-0.2, -0.15) is 0 Å². The van der Waals surface area contributed by atoms with Gasteiger partial charge in [0.25, 0.3) is 0 Å². The van der Waals surface area contributed by atoms with Gasteiger partial charge in [0, 0.05) is 39.5 Å². The summed E-state index contributed by atoms with van der Waals surface area (Å²) in [4.78, 5) is 38.9. The van der Waals surface area contributed by atoms with E-state index in [2.05, 4.69) is 5.32 Å². The average molecular weight is 361 g/mol. The van der Waals surface area contributed by atoms with Crippen LogP contribution < -0.4 is 5.32 Å². The molecule has 1 saturated heterocycles. The summed E-state index contributed by atoms with van der Waals surface area (Å²) in [7, 11) is 3.43. The maximum atomic E-state index is 12.7. The number of nitrogens with zero attached hydrogens (tertiary/aromatic N) is 2. The van der Waals surface area contributed by atoms with Gasteiger partial charge in [-0.05, 0) is 24.8 Å². The molecule has 3 amide bonds. The molecule has 1 aliphatic rings. The lowest BCUT2D eigenvalue weighted by Crippen LogP contribution is -2.46. The van der Waals surface area contributed by atoms with E-state index < -0.39 is 5.97 Å². The molecule has 1 unspecified atom stereocenters. The lowest BCUT2D eigenvalue weighted by Gasteiger charge is -2.33. The van der Waals surface area contributed by atoms with Gasteiger partial charge in [-0.15, -0.1) is 0 Å². The van der Waals surface area contributed by atoms with Crippen molar-refractivity contribution in [1.82, 2.24) is 15.1 Å². The lowest BCUT2D eigenvalue weighted by molar-refractivity contribution is -0.137. The molecule has 0 spiro atoms. The number of benzene rings is 1. The quantitative estimate of drug-likeness (QED) is 0.812. The number of piperidine rings is 1. The smallest absolute Gasteiger partial charge is 0.319 e. The maximum absolute atomic E-state index is 12.7. The molecule has 26 heavy (non-hydrogen) atoms. The summed E-state index contributed by atoms with van der Waals surface area (Å²) in [5, 5.41) is 12.0. The minimum Gasteiger partial charge on any atom is -0.481 e. The Balaban J connectivity index is 1.95. The average Bonchev–Trinajstić information content (AvgIpc) is 2.65. The molecule has 1 fully saturated rings. The number of urea groups is 1. The fourth-order valence-electron chi connectivity index (χ4n) is 3.18. The lowest BCUT2D eigenvalue weighted by atomic mass is 9.94. The number of hydrogen-bond acceptors (Lipinski definition) is 3. The predicted molar refractivity (Wildman–Crippen MR) is 97.6 cm³/mol. The van der Waals surface area contributed by atoms with Gasteiger partial charge in [0.2, 0.25) is 5.91 Å². The van der Waals surface area contributed by atoms with E-state index in [1.165, 1.54) is 4.90 Å². The van der Waals surface area contributed by atoms with Gasteiger partial charge in [0.05, 0.1) is 6.04 Å². The molecular weight excluding hydrogens is 334 g/mol. The normalized spacial score (nSPS) is 16.0. The van der Waals surface area contributed by atoms with Crippen LogP contribution in [0.5, 0.6) is 0 Å². The van der Waals surface area contributed by atoms with Crippen molar-refractivity contribution in [3.63, 3.8) is 0 Å². The van der Waals surface area contributed by atoms with E-state index >= 15 is 0 Å². The number of hydrogen-bond donors (Lipinski definition) is 2. The Labute approximate surface area is 154 Å². The highest BCUT2D eigenvalue weighted by Gasteiger charge is 2.29. The highest BCUT2D eigenvalue weighted by Crippen LogP contribution is 2.22. The highest BCUT2D eigenvalue weighted by atomic mass is 16.4. The Hall–Kier alpha value is -2.57. The van der Waals surface area contributed by atoms with Crippen molar-refractivity contribution in [3.05, 3.63) is 35.9 Å². The fourth-order valence-corrected chi connectivity index (χ4v) is 3.18. The van der Waals surface area contributed by atoms with Gasteiger partial charge in [-0.3, -0.25) is 9.59 Å². The van der Waals surface area contributed by atoms with Gasteiger partial charge < -0.3 is 20.2 Å². The number of rotatable bonds is 6. The van der Waals surface area contributed by atoms with E-state index in [-0.39, 0.29) is 30.3 Å². The molecule has 0 radical (unpaired) electrons. The minimum absolute atomic E-state index is 0.00434. The molecule has 1 atom stereocenters. The summed E-state index contributed by atoms with van der Waals surface area (Å²) in [5.74, 6) is -1.10. The van der Waals surface area contributed by atoms with Crippen LogP contribution in [0, 0.1) is 5.92 Å². The standard InChI is InChI=1S/C19H27N3O4/c1-21(2)19(26)22-12-10-15(11-13-22)18(25)20-16(8-9-17(23)24)14-6-4-3-5-7-14/h3-7,15-16H,8-13H2,1-2H3,(H,20,25)(H,23,24). The molecule has 7 nitrogen and oxygen atoms in total. The first-order chi connectivity index (χ1) is 12.4. The monoisotopic (exact) mass is 361 g/mol. The Morgan fingerprint density at radius 1 is 1.19 bits per heavy atom. The Kier molecular flexibility index (Phi) is 7.00. The molecule has 1 aromatic rings. The second kappa shape index (κ2) is 9.22. The van der Waals surface area contributed by atoms with Crippen molar-refractivity contribution in [1.29, 1.82) is 0 Å². The summed E-state index contributed by atoms with van der Waals surface area (Å²) >= 11 is 0. The van der Waals surface area contributed by atoms with Crippen molar-refractivity contribution in [2.24, 2.45) is 5.92 Å².